The summed E-state index contributed by atoms with van der Waals surface area (Å²) in [6.45, 7) is -0.583. The summed E-state index contributed by atoms with van der Waals surface area (Å²) < 4.78 is 29.8. The molecule has 0 radical (unpaired) electrons. The van der Waals surface area contributed by atoms with Gasteiger partial charge in [0, 0.05) is 37.0 Å². The van der Waals surface area contributed by atoms with Crippen molar-refractivity contribution in [1.29, 1.82) is 5.26 Å². The largest absolute Gasteiger partial charge is 0.467 e. The van der Waals surface area contributed by atoms with E-state index in [0.717, 1.165) is 11.0 Å². The highest BCUT2D eigenvalue weighted by atomic mass is 19.1. The summed E-state index contributed by atoms with van der Waals surface area (Å²) in [7, 11) is 2.67. The molecule has 2 aromatic heterocycles. The van der Waals surface area contributed by atoms with E-state index in [0.29, 0.717) is 22.4 Å². The molecule has 0 atom stereocenters. The van der Waals surface area contributed by atoms with Gasteiger partial charge in [-0.2, -0.15) is 5.26 Å². The Balaban J connectivity index is 1.83. The number of halogens is 1. The van der Waals surface area contributed by atoms with Crippen molar-refractivity contribution in [2.75, 3.05) is 38.1 Å². The van der Waals surface area contributed by atoms with Gasteiger partial charge >= 0.3 is 6.09 Å². The minimum absolute atomic E-state index is 0.00536. The summed E-state index contributed by atoms with van der Waals surface area (Å²) >= 11 is 0. The van der Waals surface area contributed by atoms with Gasteiger partial charge in [-0.3, -0.25) is 9.59 Å². The van der Waals surface area contributed by atoms with Gasteiger partial charge in [-0.05, 0) is 48.0 Å². The molecular weight excluding hydrogens is 549 g/mol. The molecule has 3 N–H and O–H groups in total. The lowest BCUT2D eigenvalue weighted by molar-refractivity contribution is -0.116. The minimum atomic E-state index is -1.26. The van der Waals surface area contributed by atoms with Gasteiger partial charge in [-0.1, -0.05) is 12.1 Å². The zero-order chi connectivity index (χ0) is 30.2. The van der Waals surface area contributed by atoms with Gasteiger partial charge in [0.2, 0.25) is 5.91 Å². The zero-order valence-electron chi connectivity index (χ0n) is 22.4. The minimum Gasteiger partial charge on any atom is -0.467 e. The van der Waals surface area contributed by atoms with Crippen molar-refractivity contribution in [3.63, 3.8) is 0 Å². The Kier molecular flexibility index (Phi) is 9.11. The number of carbonyl (C=O) groups is 3. The lowest BCUT2D eigenvalue weighted by Crippen LogP contribution is -2.33. The molecule has 214 valence electrons. The first kappa shape index (κ1) is 29.2. The second-order valence-corrected chi connectivity index (χ2v) is 8.78. The van der Waals surface area contributed by atoms with Gasteiger partial charge in [-0.15, -0.1) is 0 Å². The van der Waals surface area contributed by atoms with Crippen LogP contribution < -0.4 is 15.4 Å². The predicted octanol–water partition coefficient (Wildman–Crippen LogP) is 4.80. The smallest absolute Gasteiger partial charge is 0.407 e. The maximum absolute atomic E-state index is 14.1. The van der Waals surface area contributed by atoms with Crippen LogP contribution in [0.2, 0.25) is 0 Å². The fraction of sp³-hybridized carbons (Fsp3) is 0.138. The maximum Gasteiger partial charge on any atom is 0.407 e. The number of amides is 3. The average Bonchev–Trinajstić information content (AvgIpc) is 3.51. The van der Waals surface area contributed by atoms with Crippen LogP contribution in [-0.2, 0) is 9.53 Å². The van der Waals surface area contributed by atoms with Crippen LogP contribution in [0.3, 0.4) is 0 Å². The van der Waals surface area contributed by atoms with Crippen LogP contribution in [0.15, 0.2) is 71.3 Å². The number of benzene rings is 2. The van der Waals surface area contributed by atoms with Gasteiger partial charge in [0.1, 0.15) is 29.7 Å². The van der Waals surface area contributed by atoms with Gasteiger partial charge in [0.05, 0.1) is 12.0 Å². The van der Waals surface area contributed by atoms with E-state index in [9.17, 15) is 24.0 Å². The van der Waals surface area contributed by atoms with Gasteiger partial charge in [0.25, 0.3) is 5.91 Å². The molecule has 42 heavy (non-hydrogen) atoms. The average molecular weight is 574 g/mol. The first-order valence-electron chi connectivity index (χ1n) is 12.3. The number of hydrogen-bond donors (Lipinski definition) is 3. The first-order chi connectivity index (χ1) is 20.2. The third kappa shape index (κ3) is 6.87. The number of hydrogen-bond acceptors (Lipinski definition) is 8. The van der Waals surface area contributed by atoms with E-state index in [2.05, 4.69) is 21.7 Å². The highest BCUT2D eigenvalue weighted by Gasteiger charge is 2.21. The molecule has 0 bridgehead atoms. The molecule has 0 saturated heterocycles. The van der Waals surface area contributed by atoms with Crippen molar-refractivity contribution < 1.29 is 37.8 Å². The summed E-state index contributed by atoms with van der Waals surface area (Å²) in [6.07, 6.45) is 0.0575. The number of carbonyl (C=O) groups excluding carboxylic acids is 2. The molecule has 13 heteroatoms. The summed E-state index contributed by atoms with van der Waals surface area (Å²) in [5.41, 5.74) is 1.66. The molecule has 4 aromatic rings. The molecule has 0 aliphatic carbocycles. The number of rotatable bonds is 10. The molecule has 0 unspecified atom stereocenters. The molecular formula is C29H24FN5O7. The Hall–Kier alpha value is -5.74. The standard InChI is InChI=1S/C29H24FN5O7/c1-35(29(38)39)15-26(36)32-19-6-3-5-17(11-19)21-13-23(20-9-8-18(30)12-25(20)42-16-40-2)33-27(22(21)14-31)34-28(37)24-7-4-10-41-24/h3-13H,15-16H2,1-2H3,(H,32,36)(H,38,39)(H,33,34,37). The van der Waals surface area contributed by atoms with E-state index in [4.69, 9.17) is 19.0 Å². The van der Waals surface area contributed by atoms with Gasteiger partial charge in [-0.25, -0.2) is 14.2 Å². The van der Waals surface area contributed by atoms with Crippen molar-refractivity contribution in [2.24, 2.45) is 0 Å². The molecule has 2 heterocycles. The summed E-state index contributed by atoms with van der Waals surface area (Å²) in [4.78, 5) is 41.6. The Morgan fingerprint density at radius 3 is 2.60 bits per heavy atom. The van der Waals surface area contributed by atoms with Crippen LogP contribution in [-0.4, -0.2) is 60.4 Å². The highest BCUT2D eigenvalue weighted by molar-refractivity contribution is 6.03. The third-order valence-electron chi connectivity index (χ3n) is 5.82. The summed E-state index contributed by atoms with van der Waals surface area (Å²) in [6, 6.07) is 16.9. The molecule has 0 saturated carbocycles. The predicted molar refractivity (Wildman–Crippen MR) is 148 cm³/mol. The number of methoxy groups -OCH3 is 1. The Morgan fingerprint density at radius 1 is 1.10 bits per heavy atom. The molecule has 0 aliphatic heterocycles. The van der Waals surface area contributed by atoms with Crippen molar-refractivity contribution in [3.8, 4) is 34.2 Å². The fourth-order valence-electron chi connectivity index (χ4n) is 3.89. The van der Waals surface area contributed by atoms with E-state index in [1.54, 1.807) is 30.3 Å². The first-order valence-corrected chi connectivity index (χ1v) is 12.3. The number of likely N-dealkylation sites (N-methyl/N-ethyl adjacent to an activating group) is 1. The monoisotopic (exact) mass is 573 g/mol. The lowest BCUT2D eigenvalue weighted by atomic mass is 9.97. The summed E-state index contributed by atoms with van der Waals surface area (Å²) in [5, 5.41) is 24.4. The molecule has 4 rings (SSSR count). The van der Waals surface area contributed by atoms with Crippen molar-refractivity contribution in [3.05, 3.63) is 84.1 Å². The molecule has 12 nitrogen and oxygen atoms in total. The Morgan fingerprint density at radius 2 is 1.90 bits per heavy atom. The number of nitrogens with one attached hydrogen (secondary N) is 2. The highest BCUT2D eigenvalue weighted by Crippen LogP contribution is 2.37. The molecule has 2 aromatic carbocycles. The normalized spacial score (nSPS) is 10.4. The number of aromatic nitrogens is 1. The lowest BCUT2D eigenvalue weighted by Gasteiger charge is -2.16. The second-order valence-electron chi connectivity index (χ2n) is 8.78. The fourth-order valence-corrected chi connectivity index (χ4v) is 3.89. The van der Waals surface area contributed by atoms with E-state index in [-0.39, 0.29) is 35.4 Å². The van der Waals surface area contributed by atoms with Crippen LogP contribution in [0.1, 0.15) is 16.1 Å². The quantitative estimate of drug-likeness (QED) is 0.226. The van der Waals surface area contributed by atoms with E-state index < -0.39 is 30.3 Å². The van der Waals surface area contributed by atoms with E-state index >= 15 is 0 Å². The van der Waals surface area contributed by atoms with Gasteiger partial charge in [0.15, 0.2) is 18.4 Å². The van der Waals surface area contributed by atoms with Crippen LogP contribution in [0.5, 0.6) is 5.75 Å². The van der Waals surface area contributed by atoms with E-state index in [1.165, 1.54) is 44.7 Å². The number of anilines is 2. The second kappa shape index (κ2) is 13.1. The van der Waals surface area contributed by atoms with Gasteiger partial charge < -0.3 is 34.5 Å². The number of ether oxygens (including phenoxy) is 2. The van der Waals surface area contributed by atoms with Crippen molar-refractivity contribution in [2.45, 2.75) is 0 Å². The third-order valence-corrected chi connectivity index (χ3v) is 5.82. The molecule has 0 fully saturated rings. The zero-order valence-corrected chi connectivity index (χ0v) is 22.4. The Bertz CT molecular complexity index is 1670. The Labute approximate surface area is 238 Å². The molecule has 0 aliphatic rings. The summed E-state index contributed by atoms with van der Waals surface area (Å²) in [5.74, 6) is -1.83. The maximum atomic E-state index is 14.1. The number of nitrogens with zero attached hydrogens (tertiary/aromatic N) is 3. The van der Waals surface area contributed by atoms with Crippen LogP contribution in [0.4, 0.5) is 20.7 Å². The van der Waals surface area contributed by atoms with Crippen LogP contribution in [0.25, 0.3) is 22.4 Å². The topological polar surface area (TPSA) is 167 Å². The molecule has 0 spiro atoms. The van der Waals surface area contributed by atoms with E-state index in [1.807, 2.05) is 0 Å². The number of furan rings is 1. The molecule has 3 amide bonds. The number of nitriles is 1. The number of carboxylic acid groups (broad SMARTS) is 1. The SMILES string of the molecule is COCOc1cc(F)ccc1-c1cc(-c2cccc(NC(=O)CN(C)C(=O)O)c2)c(C#N)c(NC(=O)c2ccco2)n1. The van der Waals surface area contributed by atoms with Crippen molar-refractivity contribution in [1.82, 2.24) is 9.88 Å². The number of pyridine rings is 1. The van der Waals surface area contributed by atoms with Crippen molar-refractivity contribution >= 4 is 29.4 Å². The van der Waals surface area contributed by atoms with Crippen LogP contribution >= 0.6 is 0 Å². The van der Waals surface area contributed by atoms with Crippen LogP contribution in [0, 0.1) is 17.1 Å².